The van der Waals surface area contributed by atoms with Crippen LogP contribution in [-0.4, -0.2) is 49.0 Å². The SMILES string of the molecule is COCCc1c(C(=O)O)ncc2[nH]c3cc(OC)c(OC)cc3c12. The number of nitrogens with zero attached hydrogens (tertiary/aromatic N) is 1. The maximum absolute atomic E-state index is 11.6. The molecular formula is C17H18N2O5. The van der Waals surface area contributed by atoms with Crippen molar-refractivity contribution < 1.29 is 24.1 Å². The highest BCUT2D eigenvalue weighted by atomic mass is 16.5. The predicted octanol–water partition coefficient (Wildman–Crippen LogP) is 2.62. The van der Waals surface area contributed by atoms with Gasteiger partial charge in [0.15, 0.2) is 17.2 Å². The lowest BCUT2D eigenvalue weighted by molar-refractivity contribution is 0.0689. The minimum atomic E-state index is -1.06. The Morgan fingerprint density at radius 2 is 1.88 bits per heavy atom. The van der Waals surface area contributed by atoms with Gasteiger partial charge in [-0.1, -0.05) is 0 Å². The Balaban J connectivity index is 2.37. The fraction of sp³-hybridized carbons (Fsp3) is 0.294. The standard InChI is InChI=1S/C17H18N2O5/c1-22-5-4-9-15-10-6-13(23-2)14(24-3)7-11(10)19-12(15)8-18-16(9)17(20)21/h6-8,19H,4-5H2,1-3H3,(H,20,21). The smallest absolute Gasteiger partial charge is 0.354 e. The number of carbonyl (C=O) groups is 1. The number of aromatic amines is 1. The molecule has 24 heavy (non-hydrogen) atoms. The number of aromatic carboxylic acids is 1. The molecule has 0 amide bonds. The zero-order valence-electron chi connectivity index (χ0n) is 13.7. The van der Waals surface area contributed by atoms with Gasteiger partial charge in [0.1, 0.15) is 0 Å². The third-order valence-corrected chi connectivity index (χ3v) is 4.00. The first kappa shape index (κ1) is 16.1. The molecule has 0 aliphatic carbocycles. The van der Waals surface area contributed by atoms with E-state index in [9.17, 15) is 9.90 Å². The molecule has 0 saturated heterocycles. The number of rotatable bonds is 6. The molecule has 0 aliphatic rings. The summed E-state index contributed by atoms with van der Waals surface area (Å²) < 4.78 is 15.8. The molecule has 2 heterocycles. The van der Waals surface area contributed by atoms with Gasteiger partial charge in [0, 0.05) is 23.9 Å². The maximum atomic E-state index is 11.6. The number of ether oxygens (including phenoxy) is 3. The molecule has 0 aliphatic heterocycles. The first-order valence-corrected chi connectivity index (χ1v) is 7.38. The largest absolute Gasteiger partial charge is 0.493 e. The number of fused-ring (bicyclic) bond motifs is 3. The van der Waals surface area contributed by atoms with E-state index in [1.807, 2.05) is 12.1 Å². The second kappa shape index (κ2) is 6.37. The lowest BCUT2D eigenvalue weighted by Crippen LogP contribution is -2.08. The van der Waals surface area contributed by atoms with E-state index in [1.54, 1.807) is 21.3 Å². The highest BCUT2D eigenvalue weighted by molar-refractivity contribution is 6.11. The van der Waals surface area contributed by atoms with Gasteiger partial charge in [0.2, 0.25) is 0 Å². The van der Waals surface area contributed by atoms with Crippen molar-refractivity contribution >= 4 is 27.8 Å². The molecule has 0 atom stereocenters. The molecular weight excluding hydrogens is 312 g/mol. The highest BCUT2D eigenvalue weighted by Crippen LogP contribution is 2.37. The lowest BCUT2D eigenvalue weighted by atomic mass is 10.0. The van der Waals surface area contributed by atoms with E-state index < -0.39 is 5.97 Å². The van der Waals surface area contributed by atoms with E-state index in [4.69, 9.17) is 14.2 Å². The number of hydrogen-bond donors (Lipinski definition) is 2. The van der Waals surface area contributed by atoms with Crippen molar-refractivity contribution in [3.63, 3.8) is 0 Å². The number of H-pyrrole nitrogens is 1. The average Bonchev–Trinajstić information content (AvgIpc) is 2.95. The van der Waals surface area contributed by atoms with E-state index in [2.05, 4.69) is 9.97 Å². The molecule has 0 unspecified atom stereocenters. The number of hydrogen-bond acceptors (Lipinski definition) is 5. The summed E-state index contributed by atoms with van der Waals surface area (Å²) in [5.74, 6) is 0.122. The Kier molecular flexibility index (Phi) is 4.26. The quantitative estimate of drug-likeness (QED) is 0.721. The number of carboxylic acid groups (broad SMARTS) is 1. The highest BCUT2D eigenvalue weighted by Gasteiger charge is 2.20. The van der Waals surface area contributed by atoms with Crippen LogP contribution in [-0.2, 0) is 11.2 Å². The van der Waals surface area contributed by atoms with Gasteiger partial charge in [-0.15, -0.1) is 0 Å². The summed E-state index contributed by atoms with van der Waals surface area (Å²) in [6.07, 6.45) is 1.98. The van der Waals surface area contributed by atoms with Crippen molar-refractivity contribution in [3.05, 3.63) is 29.6 Å². The van der Waals surface area contributed by atoms with E-state index in [0.717, 1.165) is 21.8 Å². The van der Waals surface area contributed by atoms with Crippen molar-refractivity contribution in [2.75, 3.05) is 27.9 Å². The lowest BCUT2D eigenvalue weighted by Gasteiger charge is -2.09. The molecule has 126 valence electrons. The molecule has 3 aromatic rings. The van der Waals surface area contributed by atoms with Gasteiger partial charge < -0.3 is 24.3 Å². The summed E-state index contributed by atoms with van der Waals surface area (Å²) in [7, 11) is 4.71. The van der Waals surface area contributed by atoms with Crippen molar-refractivity contribution in [1.29, 1.82) is 0 Å². The number of carboxylic acids is 1. The average molecular weight is 330 g/mol. The number of nitrogens with one attached hydrogen (secondary N) is 1. The zero-order chi connectivity index (χ0) is 17.3. The summed E-state index contributed by atoms with van der Waals surface area (Å²) in [4.78, 5) is 18.9. The minimum Gasteiger partial charge on any atom is -0.493 e. The van der Waals surface area contributed by atoms with Crippen LogP contribution in [0.2, 0.25) is 0 Å². The van der Waals surface area contributed by atoms with Crippen LogP contribution in [0.3, 0.4) is 0 Å². The summed E-state index contributed by atoms with van der Waals surface area (Å²) in [5.41, 5.74) is 2.26. The Morgan fingerprint density at radius 3 is 2.50 bits per heavy atom. The number of benzene rings is 1. The van der Waals surface area contributed by atoms with E-state index in [1.165, 1.54) is 6.20 Å². The molecule has 0 saturated carbocycles. The van der Waals surface area contributed by atoms with E-state index in [0.29, 0.717) is 30.1 Å². The molecule has 2 aromatic heterocycles. The summed E-state index contributed by atoms with van der Waals surface area (Å²) in [6, 6.07) is 3.67. The monoisotopic (exact) mass is 330 g/mol. The van der Waals surface area contributed by atoms with Crippen molar-refractivity contribution in [3.8, 4) is 11.5 Å². The molecule has 0 bridgehead atoms. The van der Waals surface area contributed by atoms with Gasteiger partial charge in [-0.3, -0.25) is 0 Å². The van der Waals surface area contributed by atoms with Crippen LogP contribution in [0.25, 0.3) is 21.8 Å². The van der Waals surface area contributed by atoms with Crippen LogP contribution >= 0.6 is 0 Å². The minimum absolute atomic E-state index is 0.0373. The number of pyridine rings is 1. The normalized spacial score (nSPS) is 11.1. The number of methoxy groups -OCH3 is 3. The van der Waals surface area contributed by atoms with Crippen molar-refractivity contribution in [2.45, 2.75) is 6.42 Å². The zero-order valence-corrected chi connectivity index (χ0v) is 13.7. The molecule has 7 heteroatoms. The van der Waals surface area contributed by atoms with Crippen LogP contribution in [0.4, 0.5) is 0 Å². The van der Waals surface area contributed by atoms with Gasteiger partial charge in [0.25, 0.3) is 0 Å². The molecule has 0 radical (unpaired) electrons. The summed E-state index contributed by atoms with van der Waals surface area (Å²) >= 11 is 0. The van der Waals surface area contributed by atoms with Crippen LogP contribution < -0.4 is 9.47 Å². The molecule has 3 rings (SSSR count). The predicted molar refractivity (Wildman–Crippen MR) is 89.2 cm³/mol. The van der Waals surface area contributed by atoms with Gasteiger partial charge in [0.05, 0.1) is 38.1 Å². The fourth-order valence-corrected chi connectivity index (χ4v) is 2.92. The Hall–Kier alpha value is -2.80. The van der Waals surface area contributed by atoms with Crippen LogP contribution in [0.15, 0.2) is 18.3 Å². The van der Waals surface area contributed by atoms with Gasteiger partial charge >= 0.3 is 5.97 Å². The number of aromatic nitrogens is 2. The summed E-state index contributed by atoms with van der Waals surface area (Å²) in [5, 5.41) is 11.1. The fourth-order valence-electron chi connectivity index (χ4n) is 2.92. The Bertz CT molecular complexity index is 916. The second-order valence-corrected chi connectivity index (χ2v) is 5.30. The first-order valence-electron chi connectivity index (χ1n) is 7.38. The van der Waals surface area contributed by atoms with Crippen LogP contribution in [0.5, 0.6) is 11.5 Å². The van der Waals surface area contributed by atoms with Crippen LogP contribution in [0.1, 0.15) is 16.1 Å². The third-order valence-electron chi connectivity index (χ3n) is 4.00. The molecule has 7 nitrogen and oxygen atoms in total. The molecule has 2 N–H and O–H groups in total. The first-order chi connectivity index (χ1) is 11.6. The van der Waals surface area contributed by atoms with Gasteiger partial charge in [-0.2, -0.15) is 0 Å². The molecule has 0 fully saturated rings. The summed E-state index contributed by atoms with van der Waals surface area (Å²) in [6.45, 7) is 0.404. The van der Waals surface area contributed by atoms with Crippen molar-refractivity contribution in [1.82, 2.24) is 9.97 Å². The van der Waals surface area contributed by atoms with Gasteiger partial charge in [-0.25, -0.2) is 9.78 Å². The van der Waals surface area contributed by atoms with Gasteiger partial charge in [-0.05, 0) is 18.1 Å². The van der Waals surface area contributed by atoms with Crippen molar-refractivity contribution in [2.24, 2.45) is 0 Å². The maximum Gasteiger partial charge on any atom is 0.354 e. The Labute approximate surface area is 138 Å². The van der Waals surface area contributed by atoms with E-state index in [-0.39, 0.29) is 5.69 Å². The molecule has 0 spiro atoms. The van der Waals surface area contributed by atoms with Crippen LogP contribution in [0, 0.1) is 0 Å². The second-order valence-electron chi connectivity index (χ2n) is 5.30. The molecule has 1 aromatic carbocycles. The van der Waals surface area contributed by atoms with E-state index >= 15 is 0 Å². The Morgan fingerprint density at radius 1 is 1.17 bits per heavy atom. The topological polar surface area (TPSA) is 93.7 Å². The third kappa shape index (κ3) is 2.52.